The molecule has 0 spiro atoms. The van der Waals surface area contributed by atoms with E-state index in [1.807, 2.05) is 12.6 Å². The molecule has 9 heteroatoms. The van der Waals surface area contributed by atoms with Crippen molar-refractivity contribution >= 4 is 17.3 Å². The Morgan fingerprint density at radius 3 is 2.52 bits per heavy atom. The number of carboxylic acids is 1. The van der Waals surface area contributed by atoms with E-state index in [2.05, 4.69) is 47.1 Å². The highest BCUT2D eigenvalue weighted by atomic mass is 32.1. The van der Waals surface area contributed by atoms with Crippen LogP contribution in [0.25, 0.3) is 0 Å². The molecule has 0 bridgehead atoms. The number of aliphatic carboxylic acids is 1. The van der Waals surface area contributed by atoms with Crippen molar-refractivity contribution in [2.24, 2.45) is 5.92 Å². The van der Waals surface area contributed by atoms with Gasteiger partial charge in [-0.25, -0.2) is 9.78 Å². The lowest BCUT2D eigenvalue weighted by atomic mass is 9.88. The van der Waals surface area contributed by atoms with Crippen LogP contribution in [0, 0.1) is 12.8 Å². The van der Waals surface area contributed by atoms with E-state index in [4.69, 9.17) is 14.6 Å². The number of likely N-dealkylation sites (tertiary alicyclic amines) is 1. The first-order valence-corrected chi connectivity index (χ1v) is 10.1. The molecule has 2 atom stereocenters. The van der Waals surface area contributed by atoms with Crippen molar-refractivity contribution in [3.05, 3.63) is 52.0 Å². The van der Waals surface area contributed by atoms with Crippen LogP contribution in [0.4, 0.5) is 13.2 Å². The fourth-order valence-corrected chi connectivity index (χ4v) is 4.15. The van der Waals surface area contributed by atoms with Crippen LogP contribution in [-0.4, -0.2) is 53.4 Å². The molecular weight excluding hydrogens is 405 g/mol. The van der Waals surface area contributed by atoms with Crippen LogP contribution in [0.5, 0.6) is 0 Å². The van der Waals surface area contributed by atoms with E-state index in [1.165, 1.54) is 16.1 Å². The van der Waals surface area contributed by atoms with Crippen molar-refractivity contribution < 1.29 is 27.8 Å². The molecule has 2 heterocycles. The molecule has 160 valence electrons. The molecule has 1 aromatic carbocycles. The molecule has 1 aromatic heterocycles. The van der Waals surface area contributed by atoms with Crippen LogP contribution in [-0.2, 0) is 22.5 Å². The molecule has 0 radical (unpaired) electrons. The number of halogens is 3. The zero-order chi connectivity index (χ0) is 21.4. The van der Waals surface area contributed by atoms with E-state index < -0.39 is 12.1 Å². The summed E-state index contributed by atoms with van der Waals surface area (Å²) in [6.07, 6.45) is -2.50. The van der Waals surface area contributed by atoms with Gasteiger partial charge in [0, 0.05) is 37.5 Å². The first kappa shape index (κ1) is 23.3. The lowest BCUT2D eigenvalue weighted by Crippen LogP contribution is -2.44. The molecule has 1 aliphatic heterocycles. The Morgan fingerprint density at radius 1 is 1.34 bits per heavy atom. The highest BCUT2D eigenvalue weighted by Gasteiger charge is 2.38. The number of hydrogen-bond donors (Lipinski definition) is 1. The van der Waals surface area contributed by atoms with Crippen LogP contribution in [0.2, 0.25) is 0 Å². The van der Waals surface area contributed by atoms with E-state index in [0.29, 0.717) is 12.0 Å². The van der Waals surface area contributed by atoms with Gasteiger partial charge in [0.15, 0.2) is 0 Å². The maximum Gasteiger partial charge on any atom is 0.490 e. The minimum absolute atomic E-state index is 0.374. The number of hydrogen-bond acceptors (Lipinski definition) is 5. The van der Waals surface area contributed by atoms with Gasteiger partial charge in [-0.2, -0.15) is 13.2 Å². The number of carboxylic acid groups (broad SMARTS) is 1. The summed E-state index contributed by atoms with van der Waals surface area (Å²) in [5.41, 5.74) is 4.54. The SMILES string of the molecule is CO[C@@H]1CCN(Cc2scnc2C)C[C@@H]1Cc1ccccc1.O=C(O)C(F)(F)F. The van der Waals surface area contributed by atoms with Gasteiger partial charge in [-0.05, 0) is 25.3 Å². The van der Waals surface area contributed by atoms with E-state index in [9.17, 15) is 13.2 Å². The number of aromatic nitrogens is 1. The molecule has 0 amide bonds. The molecule has 2 aromatic rings. The molecule has 5 nitrogen and oxygen atoms in total. The minimum atomic E-state index is -5.08. The monoisotopic (exact) mass is 430 g/mol. The summed E-state index contributed by atoms with van der Waals surface area (Å²) < 4.78 is 37.5. The van der Waals surface area contributed by atoms with E-state index in [-0.39, 0.29) is 0 Å². The molecule has 1 saturated heterocycles. The summed E-state index contributed by atoms with van der Waals surface area (Å²) in [6.45, 7) is 5.35. The lowest BCUT2D eigenvalue weighted by molar-refractivity contribution is -0.192. The van der Waals surface area contributed by atoms with Gasteiger partial charge < -0.3 is 9.84 Å². The van der Waals surface area contributed by atoms with Crippen molar-refractivity contribution in [3.8, 4) is 0 Å². The van der Waals surface area contributed by atoms with Crippen molar-refractivity contribution in [2.75, 3.05) is 20.2 Å². The summed E-state index contributed by atoms with van der Waals surface area (Å²) in [5.74, 6) is -2.19. The topological polar surface area (TPSA) is 62.7 Å². The smallest absolute Gasteiger partial charge is 0.475 e. The lowest BCUT2D eigenvalue weighted by Gasteiger charge is -2.38. The molecule has 1 fully saturated rings. The zero-order valence-electron chi connectivity index (χ0n) is 16.4. The predicted octanol–water partition coefficient (Wildman–Crippen LogP) is 4.16. The number of nitrogens with zero attached hydrogens (tertiary/aromatic N) is 2. The van der Waals surface area contributed by atoms with Crippen LogP contribution in [0.1, 0.15) is 22.6 Å². The van der Waals surface area contributed by atoms with Crippen LogP contribution >= 0.6 is 11.3 Å². The first-order chi connectivity index (χ1) is 13.7. The Bertz CT molecular complexity index is 768. The second-order valence-electron chi connectivity index (χ2n) is 6.91. The summed E-state index contributed by atoms with van der Waals surface area (Å²) in [6, 6.07) is 10.8. The highest BCUT2D eigenvalue weighted by molar-refractivity contribution is 7.09. The van der Waals surface area contributed by atoms with Crippen LogP contribution in [0.3, 0.4) is 0 Å². The summed E-state index contributed by atoms with van der Waals surface area (Å²) in [7, 11) is 1.85. The molecule has 0 unspecified atom stereocenters. The number of carbonyl (C=O) groups is 1. The van der Waals surface area contributed by atoms with Gasteiger partial charge in [0.2, 0.25) is 0 Å². The number of thiazole rings is 1. The molecule has 3 rings (SSSR count). The molecular formula is C20H25F3N2O3S. The third kappa shape index (κ3) is 7.41. The number of benzene rings is 1. The molecule has 29 heavy (non-hydrogen) atoms. The summed E-state index contributed by atoms with van der Waals surface area (Å²) >= 11 is 1.77. The first-order valence-electron chi connectivity index (χ1n) is 9.18. The predicted molar refractivity (Wildman–Crippen MR) is 105 cm³/mol. The largest absolute Gasteiger partial charge is 0.490 e. The average Bonchev–Trinajstić information content (AvgIpc) is 3.07. The average molecular weight is 430 g/mol. The van der Waals surface area contributed by atoms with Gasteiger partial charge in [-0.3, -0.25) is 4.90 Å². The van der Waals surface area contributed by atoms with E-state index >= 15 is 0 Å². The van der Waals surface area contributed by atoms with Crippen molar-refractivity contribution in [3.63, 3.8) is 0 Å². The van der Waals surface area contributed by atoms with Crippen LogP contribution in [0.15, 0.2) is 35.8 Å². The maximum absolute atomic E-state index is 10.6. The number of piperidine rings is 1. The Balaban J connectivity index is 0.000000370. The van der Waals surface area contributed by atoms with Gasteiger partial charge >= 0.3 is 12.1 Å². The minimum Gasteiger partial charge on any atom is -0.475 e. The Kier molecular flexibility index (Phi) is 8.60. The van der Waals surface area contributed by atoms with E-state index in [0.717, 1.165) is 32.5 Å². The van der Waals surface area contributed by atoms with E-state index in [1.54, 1.807) is 11.3 Å². The number of aryl methyl sites for hydroxylation is 1. The second kappa shape index (κ2) is 10.7. The number of alkyl halides is 3. The third-order valence-electron chi connectivity index (χ3n) is 4.85. The third-order valence-corrected chi connectivity index (χ3v) is 5.77. The summed E-state index contributed by atoms with van der Waals surface area (Å²) in [4.78, 5) is 17.2. The molecule has 1 N–H and O–H groups in total. The number of rotatable bonds is 5. The maximum atomic E-state index is 10.6. The van der Waals surface area contributed by atoms with Gasteiger partial charge in [0.05, 0.1) is 17.3 Å². The Labute approximate surface area is 172 Å². The standard InChI is InChI=1S/C18H24N2OS.C2HF3O2/c1-14-18(22-13-19-14)12-20-9-8-17(21-2)16(11-20)10-15-6-4-3-5-7-15;3-2(4,5)1(6)7/h3-7,13,16-17H,8-12H2,1-2H3;(H,6,7)/t16-,17+;/m0./s1. The Morgan fingerprint density at radius 2 is 2.00 bits per heavy atom. The highest BCUT2D eigenvalue weighted by Crippen LogP contribution is 2.26. The van der Waals surface area contributed by atoms with Gasteiger partial charge in [-0.15, -0.1) is 11.3 Å². The second-order valence-corrected chi connectivity index (χ2v) is 7.85. The molecule has 0 saturated carbocycles. The zero-order valence-corrected chi connectivity index (χ0v) is 17.2. The normalized spacial score (nSPS) is 20.0. The Hall–Kier alpha value is -1.97. The number of methoxy groups -OCH3 is 1. The number of ether oxygens (including phenoxy) is 1. The van der Waals surface area contributed by atoms with Gasteiger partial charge in [0.1, 0.15) is 0 Å². The fourth-order valence-electron chi connectivity index (χ4n) is 3.33. The van der Waals surface area contributed by atoms with Crippen molar-refractivity contribution in [1.29, 1.82) is 0 Å². The molecule has 1 aliphatic rings. The van der Waals surface area contributed by atoms with Gasteiger partial charge in [0.25, 0.3) is 0 Å². The molecule has 0 aliphatic carbocycles. The summed E-state index contributed by atoms with van der Waals surface area (Å²) in [5, 5.41) is 7.12. The fraction of sp³-hybridized carbons (Fsp3) is 0.500. The van der Waals surface area contributed by atoms with Crippen molar-refractivity contribution in [1.82, 2.24) is 9.88 Å². The van der Waals surface area contributed by atoms with Crippen molar-refractivity contribution in [2.45, 2.75) is 38.6 Å². The van der Waals surface area contributed by atoms with Crippen LogP contribution < -0.4 is 0 Å². The quantitative estimate of drug-likeness (QED) is 0.772. The van der Waals surface area contributed by atoms with Gasteiger partial charge in [-0.1, -0.05) is 30.3 Å².